The lowest BCUT2D eigenvalue weighted by molar-refractivity contribution is 0.397. The maximum Gasteiger partial charge on any atom is 0.176 e. The first kappa shape index (κ1) is 15.9. The van der Waals surface area contributed by atoms with E-state index < -0.39 is 0 Å². The number of rotatable bonds is 7. The van der Waals surface area contributed by atoms with Crippen LogP contribution >= 0.6 is 15.9 Å². The van der Waals surface area contributed by atoms with Gasteiger partial charge in [0.05, 0.1) is 14.2 Å². The number of benzene rings is 1. The van der Waals surface area contributed by atoms with Gasteiger partial charge in [-0.05, 0) is 30.3 Å². The monoisotopic (exact) mass is 353 g/mol. The van der Waals surface area contributed by atoms with E-state index in [1.807, 2.05) is 12.1 Å². The molecule has 2 rings (SSSR count). The molecule has 21 heavy (non-hydrogen) atoms. The summed E-state index contributed by atoms with van der Waals surface area (Å²) in [5.74, 6) is 1.57. The van der Waals surface area contributed by atoms with Gasteiger partial charge < -0.3 is 10.1 Å². The van der Waals surface area contributed by atoms with Crippen LogP contribution in [0.2, 0.25) is 0 Å². The number of ether oxygens (including phenoxy) is 1. The van der Waals surface area contributed by atoms with Crippen molar-refractivity contribution in [1.82, 2.24) is 25.5 Å². The summed E-state index contributed by atoms with van der Waals surface area (Å²) in [5, 5.41) is 15.8. The fourth-order valence-corrected chi connectivity index (χ4v) is 2.51. The molecule has 1 aromatic heterocycles. The topological polar surface area (TPSA) is 64.9 Å². The van der Waals surface area contributed by atoms with Crippen molar-refractivity contribution in [3.8, 4) is 5.75 Å². The van der Waals surface area contributed by atoms with Crippen LogP contribution < -0.4 is 10.1 Å². The Balaban J connectivity index is 2.26. The lowest BCUT2D eigenvalue weighted by atomic mass is 10.0. The third kappa shape index (κ3) is 4.25. The number of methoxy groups -OCH3 is 1. The van der Waals surface area contributed by atoms with E-state index in [2.05, 4.69) is 49.6 Å². The van der Waals surface area contributed by atoms with Crippen LogP contribution in [0.4, 0.5) is 0 Å². The molecule has 0 amide bonds. The molecule has 1 heterocycles. The number of halogens is 1. The van der Waals surface area contributed by atoms with E-state index in [-0.39, 0.29) is 6.04 Å². The summed E-state index contributed by atoms with van der Waals surface area (Å²) in [7, 11) is 3.45. The molecule has 1 atom stereocenters. The van der Waals surface area contributed by atoms with E-state index in [1.165, 1.54) is 4.80 Å². The number of hydrogen-bond acceptors (Lipinski definition) is 5. The summed E-state index contributed by atoms with van der Waals surface area (Å²) < 4.78 is 6.49. The fraction of sp³-hybridized carbons (Fsp3) is 0.500. The van der Waals surface area contributed by atoms with Gasteiger partial charge in [-0.15, -0.1) is 10.2 Å². The van der Waals surface area contributed by atoms with E-state index in [0.717, 1.165) is 34.6 Å². The van der Waals surface area contributed by atoms with Gasteiger partial charge in [0.1, 0.15) is 5.75 Å². The van der Waals surface area contributed by atoms with E-state index >= 15 is 0 Å². The van der Waals surface area contributed by atoms with Crippen LogP contribution in [0.3, 0.4) is 0 Å². The van der Waals surface area contributed by atoms with E-state index in [0.29, 0.717) is 6.42 Å². The van der Waals surface area contributed by atoms with Crippen molar-refractivity contribution in [1.29, 1.82) is 0 Å². The van der Waals surface area contributed by atoms with Crippen molar-refractivity contribution in [2.75, 3.05) is 13.7 Å². The van der Waals surface area contributed by atoms with E-state index in [4.69, 9.17) is 4.74 Å². The molecule has 2 aromatic rings. The van der Waals surface area contributed by atoms with Gasteiger partial charge in [-0.3, -0.25) is 0 Å². The van der Waals surface area contributed by atoms with Gasteiger partial charge in [-0.25, -0.2) is 0 Å². The number of tetrazole rings is 1. The molecule has 0 spiro atoms. The van der Waals surface area contributed by atoms with Crippen LogP contribution in [0.25, 0.3) is 0 Å². The first-order valence-corrected chi connectivity index (χ1v) is 7.73. The van der Waals surface area contributed by atoms with Crippen LogP contribution in [-0.4, -0.2) is 33.9 Å². The molecule has 0 bridgehead atoms. The summed E-state index contributed by atoms with van der Waals surface area (Å²) in [4.78, 5) is 1.48. The van der Waals surface area contributed by atoms with Crippen molar-refractivity contribution in [3.05, 3.63) is 34.1 Å². The van der Waals surface area contributed by atoms with Crippen molar-refractivity contribution in [2.24, 2.45) is 7.05 Å². The largest absolute Gasteiger partial charge is 0.496 e. The van der Waals surface area contributed by atoms with Crippen LogP contribution in [0, 0.1) is 0 Å². The summed E-state index contributed by atoms with van der Waals surface area (Å²) in [5.41, 5.74) is 1.10. The molecular weight excluding hydrogens is 334 g/mol. The van der Waals surface area contributed by atoms with Gasteiger partial charge in [-0.1, -0.05) is 28.9 Å². The van der Waals surface area contributed by atoms with Crippen LogP contribution in [-0.2, 0) is 13.5 Å². The van der Waals surface area contributed by atoms with Gasteiger partial charge in [0.25, 0.3) is 0 Å². The summed E-state index contributed by atoms with van der Waals surface area (Å²) in [6, 6.07) is 6.15. The molecule has 0 fully saturated rings. The second kappa shape index (κ2) is 7.51. The summed E-state index contributed by atoms with van der Waals surface area (Å²) >= 11 is 3.47. The Morgan fingerprint density at radius 2 is 2.24 bits per heavy atom. The standard InChI is InChI=1S/C14H20BrN5O/c1-4-7-16-12(9-14-17-19-20(2)18-14)11-6-5-10(15)8-13(11)21-3/h5-6,8,12,16H,4,7,9H2,1-3H3. The van der Waals surface area contributed by atoms with Crippen molar-refractivity contribution in [3.63, 3.8) is 0 Å². The number of nitrogens with zero attached hydrogens (tertiary/aromatic N) is 4. The molecule has 1 N–H and O–H groups in total. The lowest BCUT2D eigenvalue weighted by Crippen LogP contribution is -2.25. The van der Waals surface area contributed by atoms with Gasteiger partial charge >= 0.3 is 0 Å². The molecule has 0 aliphatic carbocycles. The van der Waals surface area contributed by atoms with Crippen molar-refractivity contribution in [2.45, 2.75) is 25.8 Å². The number of aryl methyl sites for hydroxylation is 1. The SMILES string of the molecule is CCCNC(Cc1nnn(C)n1)c1ccc(Br)cc1OC. The Hall–Kier alpha value is -1.47. The molecule has 6 nitrogen and oxygen atoms in total. The number of hydrogen-bond donors (Lipinski definition) is 1. The molecular formula is C14H20BrN5O. The zero-order valence-electron chi connectivity index (χ0n) is 12.5. The predicted molar refractivity (Wildman–Crippen MR) is 84.2 cm³/mol. The van der Waals surface area contributed by atoms with Crippen LogP contribution in [0.15, 0.2) is 22.7 Å². The predicted octanol–water partition coefficient (Wildman–Crippen LogP) is 2.26. The van der Waals surface area contributed by atoms with Crippen molar-refractivity contribution < 1.29 is 4.74 Å². The molecule has 0 aliphatic rings. The molecule has 0 radical (unpaired) electrons. The smallest absolute Gasteiger partial charge is 0.176 e. The molecule has 7 heteroatoms. The number of nitrogens with one attached hydrogen (secondary N) is 1. The Morgan fingerprint density at radius 1 is 1.43 bits per heavy atom. The van der Waals surface area contributed by atoms with Gasteiger partial charge in [-0.2, -0.15) is 4.80 Å². The third-order valence-electron chi connectivity index (χ3n) is 3.15. The highest BCUT2D eigenvalue weighted by molar-refractivity contribution is 9.10. The van der Waals surface area contributed by atoms with E-state index in [1.54, 1.807) is 14.2 Å². The highest BCUT2D eigenvalue weighted by Crippen LogP contribution is 2.30. The number of aromatic nitrogens is 4. The lowest BCUT2D eigenvalue weighted by Gasteiger charge is -2.20. The van der Waals surface area contributed by atoms with Gasteiger partial charge in [0.15, 0.2) is 5.82 Å². The minimum atomic E-state index is 0.0946. The Morgan fingerprint density at radius 3 is 2.86 bits per heavy atom. The first-order valence-electron chi connectivity index (χ1n) is 6.93. The molecule has 0 saturated heterocycles. The maximum absolute atomic E-state index is 5.50. The molecule has 0 aliphatic heterocycles. The highest BCUT2D eigenvalue weighted by atomic mass is 79.9. The third-order valence-corrected chi connectivity index (χ3v) is 3.64. The zero-order valence-corrected chi connectivity index (χ0v) is 14.1. The Kier molecular flexibility index (Phi) is 5.69. The average Bonchev–Trinajstić information content (AvgIpc) is 2.88. The molecule has 114 valence electrons. The second-order valence-electron chi connectivity index (χ2n) is 4.79. The minimum absolute atomic E-state index is 0.0946. The Bertz CT molecular complexity index is 586. The normalized spacial score (nSPS) is 12.4. The molecule has 1 aromatic carbocycles. The summed E-state index contributed by atoms with van der Waals surface area (Å²) in [6.45, 7) is 3.06. The first-order chi connectivity index (χ1) is 10.1. The maximum atomic E-state index is 5.50. The summed E-state index contributed by atoms with van der Waals surface area (Å²) in [6.07, 6.45) is 1.73. The Labute approximate surface area is 133 Å². The second-order valence-corrected chi connectivity index (χ2v) is 5.71. The van der Waals surface area contributed by atoms with Crippen LogP contribution in [0.1, 0.15) is 30.8 Å². The quantitative estimate of drug-likeness (QED) is 0.826. The van der Waals surface area contributed by atoms with E-state index in [9.17, 15) is 0 Å². The fourth-order valence-electron chi connectivity index (χ4n) is 2.17. The molecule has 1 unspecified atom stereocenters. The molecule has 0 saturated carbocycles. The highest BCUT2D eigenvalue weighted by Gasteiger charge is 2.18. The van der Waals surface area contributed by atoms with Gasteiger partial charge in [0, 0.05) is 22.5 Å². The van der Waals surface area contributed by atoms with Crippen molar-refractivity contribution >= 4 is 15.9 Å². The zero-order chi connectivity index (χ0) is 15.2. The van der Waals surface area contributed by atoms with Crippen LogP contribution in [0.5, 0.6) is 5.75 Å². The average molecular weight is 354 g/mol. The van der Waals surface area contributed by atoms with Gasteiger partial charge in [0.2, 0.25) is 0 Å². The minimum Gasteiger partial charge on any atom is -0.496 e.